The highest BCUT2D eigenvalue weighted by molar-refractivity contribution is 5.26. The molecule has 0 amide bonds. The zero-order chi connectivity index (χ0) is 15.3. The summed E-state index contributed by atoms with van der Waals surface area (Å²) in [4.78, 5) is 9.53. The molecule has 0 radical (unpaired) electrons. The maximum atomic E-state index is 5.80. The first kappa shape index (κ1) is 16.3. The summed E-state index contributed by atoms with van der Waals surface area (Å²) >= 11 is 0. The van der Waals surface area contributed by atoms with Crippen molar-refractivity contribution in [2.45, 2.75) is 45.1 Å². The second-order valence-electron chi connectivity index (χ2n) is 5.71. The largest absolute Gasteiger partial charge is 0.381 e. The van der Waals surface area contributed by atoms with E-state index in [9.17, 15) is 0 Å². The molecule has 1 fully saturated rings. The van der Waals surface area contributed by atoms with Crippen molar-refractivity contribution in [2.24, 2.45) is 0 Å². The third kappa shape index (κ3) is 3.59. The Balaban J connectivity index is 2.25. The molecule has 21 heavy (non-hydrogen) atoms. The normalized spacial score (nSPS) is 17.9. The smallest absolute Gasteiger partial charge is 0.160 e. The van der Waals surface area contributed by atoms with Gasteiger partial charge in [-0.2, -0.15) is 0 Å². The van der Waals surface area contributed by atoms with Crippen LogP contribution in [0.15, 0.2) is 0 Å². The molecule has 0 spiro atoms. The lowest BCUT2D eigenvalue weighted by molar-refractivity contribution is -0.100. The molecular weight excluding hydrogens is 266 g/mol. The minimum absolute atomic E-state index is 0.378. The van der Waals surface area contributed by atoms with Crippen molar-refractivity contribution in [2.75, 3.05) is 33.9 Å². The Hall–Kier alpha value is -1.04. The quantitative estimate of drug-likeness (QED) is 0.812. The van der Waals surface area contributed by atoms with E-state index in [1.807, 2.05) is 7.05 Å². The van der Waals surface area contributed by atoms with E-state index >= 15 is 0 Å². The average Bonchev–Trinajstić information content (AvgIpc) is 2.50. The molecule has 1 aromatic rings. The molecule has 1 N–H and O–H groups in total. The van der Waals surface area contributed by atoms with E-state index in [1.165, 1.54) is 5.56 Å². The van der Waals surface area contributed by atoms with Crippen molar-refractivity contribution in [3.63, 3.8) is 0 Å². The van der Waals surface area contributed by atoms with Gasteiger partial charge in [0.05, 0.1) is 0 Å². The number of aryl methyl sites for hydroxylation is 2. The average molecular weight is 293 g/mol. The van der Waals surface area contributed by atoms with Gasteiger partial charge in [0.1, 0.15) is 5.60 Å². The Morgan fingerprint density at radius 3 is 2.33 bits per heavy atom. The standard InChI is InChI=1S/C16H27N3O2/c1-12-14(6-5-9-17-3)13(2)19-15(18-12)16(20-4)7-10-21-11-8-16/h17H,5-11H2,1-4H3. The Kier molecular flexibility index (Phi) is 5.67. The highest BCUT2D eigenvalue weighted by Crippen LogP contribution is 2.34. The van der Waals surface area contributed by atoms with Crippen LogP contribution in [0, 0.1) is 13.8 Å². The summed E-state index contributed by atoms with van der Waals surface area (Å²) in [6.45, 7) is 6.59. The van der Waals surface area contributed by atoms with Gasteiger partial charge in [0.2, 0.25) is 0 Å². The molecule has 1 aromatic heterocycles. The van der Waals surface area contributed by atoms with Crippen molar-refractivity contribution >= 4 is 0 Å². The van der Waals surface area contributed by atoms with Crippen LogP contribution in [0.1, 0.15) is 42.0 Å². The van der Waals surface area contributed by atoms with Crippen LogP contribution in [0.25, 0.3) is 0 Å². The van der Waals surface area contributed by atoms with E-state index in [-0.39, 0.29) is 5.60 Å². The minimum Gasteiger partial charge on any atom is -0.381 e. The second kappa shape index (κ2) is 7.29. The number of hydrogen-bond acceptors (Lipinski definition) is 5. The lowest BCUT2D eigenvalue weighted by atomic mass is 9.92. The number of ether oxygens (including phenoxy) is 2. The van der Waals surface area contributed by atoms with Crippen molar-refractivity contribution in [1.82, 2.24) is 15.3 Å². The Morgan fingerprint density at radius 2 is 1.81 bits per heavy atom. The maximum Gasteiger partial charge on any atom is 0.160 e. The van der Waals surface area contributed by atoms with Crippen LogP contribution < -0.4 is 5.32 Å². The van der Waals surface area contributed by atoms with Crippen LogP contribution in [0.4, 0.5) is 0 Å². The first-order valence-corrected chi connectivity index (χ1v) is 7.75. The number of aromatic nitrogens is 2. The molecule has 1 aliphatic heterocycles. The summed E-state index contributed by atoms with van der Waals surface area (Å²) in [5.41, 5.74) is 3.05. The molecule has 0 aromatic carbocycles. The molecule has 2 rings (SSSR count). The van der Waals surface area contributed by atoms with Crippen LogP contribution in [-0.4, -0.2) is 43.9 Å². The van der Waals surface area contributed by atoms with E-state index in [2.05, 4.69) is 19.2 Å². The van der Waals surface area contributed by atoms with Gasteiger partial charge in [-0.25, -0.2) is 9.97 Å². The highest BCUT2D eigenvalue weighted by atomic mass is 16.5. The van der Waals surface area contributed by atoms with E-state index in [0.29, 0.717) is 13.2 Å². The molecule has 0 aliphatic carbocycles. The van der Waals surface area contributed by atoms with Gasteiger partial charge in [-0.3, -0.25) is 0 Å². The van der Waals surface area contributed by atoms with Gasteiger partial charge in [0, 0.05) is 44.6 Å². The molecule has 0 saturated carbocycles. The number of nitrogens with zero attached hydrogens (tertiary/aromatic N) is 2. The molecule has 0 unspecified atom stereocenters. The second-order valence-corrected chi connectivity index (χ2v) is 5.71. The summed E-state index contributed by atoms with van der Waals surface area (Å²) in [7, 11) is 3.73. The van der Waals surface area contributed by atoms with Gasteiger partial charge in [0.15, 0.2) is 5.82 Å². The third-order valence-corrected chi connectivity index (χ3v) is 4.37. The molecule has 2 heterocycles. The summed E-state index contributed by atoms with van der Waals surface area (Å²) < 4.78 is 11.3. The molecule has 118 valence electrons. The lowest BCUT2D eigenvalue weighted by Crippen LogP contribution is -2.37. The van der Waals surface area contributed by atoms with Crippen molar-refractivity contribution in [3.8, 4) is 0 Å². The van der Waals surface area contributed by atoms with Crippen LogP contribution in [0.3, 0.4) is 0 Å². The van der Waals surface area contributed by atoms with Crippen molar-refractivity contribution < 1.29 is 9.47 Å². The van der Waals surface area contributed by atoms with Gasteiger partial charge in [-0.1, -0.05) is 0 Å². The van der Waals surface area contributed by atoms with Gasteiger partial charge in [-0.05, 0) is 45.8 Å². The highest BCUT2D eigenvalue weighted by Gasteiger charge is 2.37. The fourth-order valence-electron chi connectivity index (χ4n) is 2.97. The molecule has 0 bridgehead atoms. The van der Waals surface area contributed by atoms with E-state index in [1.54, 1.807) is 7.11 Å². The lowest BCUT2D eigenvalue weighted by Gasteiger charge is -2.34. The molecule has 1 aliphatic rings. The van der Waals surface area contributed by atoms with Gasteiger partial charge in [0.25, 0.3) is 0 Å². The molecule has 5 heteroatoms. The minimum atomic E-state index is -0.378. The van der Waals surface area contributed by atoms with Gasteiger partial charge in [-0.15, -0.1) is 0 Å². The SMILES string of the molecule is CNCCCc1c(C)nc(C2(OC)CCOCC2)nc1C. The maximum absolute atomic E-state index is 5.80. The van der Waals surface area contributed by atoms with Crippen molar-refractivity contribution in [1.29, 1.82) is 0 Å². The zero-order valence-electron chi connectivity index (χ0n) is 13.7. The first-order valence-electron chi connectivity index (χ1n) is 7.75. The fourth-order valence-corrected chi connectivity index (χ4v) is 2.97. The summed E-state index contributed by atoms with van der Waals surface area (Å²) in [6, 6.07) is 0. The van der Waals surface area contributed by atoms with Crippen LogP contribution >= 0.6 is 0 Å². The van der Waals surface area contributed by atoms with E-state index in [4.69, 9.17) is 19.4 Å². The van der Waals surface area contributed by atoms with Gasteiger partial charge >= 0.3 is 0 Å². The van der Waals surface area contributed by atoms with Gasteiger partial charge < -0.3 is 14.8 Å². The predicted molar refractivity (Wildman–Crippen MR) is 82.5 cm³/mol. The molecular formula is C16H27N3O2. The fraction of sp³-hybridized carbons (Fsp3) is 0.750. The van der Waals surface area contributed by atoms with E-state index < -0.39 is 0 Å². The van der Waals surface area contributed by atoms with E-state index in [0.717, 1.165) is 49.4 Å². The molecule has 5 nitrogen and oxygen atoms in total. The first-order chi connectivity index (χ1) is 10.1. The number of methoxy groups -OCH3 is 1. The van der Waals surface area contributed by atoms with Crippen molar-refractivity contribution in [3.05, 3.63) is 22.8 Å². The summed E-state index contributed by atoms with van der Waals surface area (Å²) in [5, 5.41) is 3.18. The molecule has 1 saturated heterocycles. The topological polar surface area (TPSA) is 56.3 Å². The summed E-state index contributed by atoms with van der Waals surface area (Å²) in [5.74, 6) is 0.820. The number of rotatable bonds is 6. The third-order valence-electron chi connectivity index (χ3n) is 4.37. The number of hydrogen-bond donors (Lipinski definition) is 1. The Morgan fingerprint density at radius 1 is 1.19 bits per heavy atom. The predicted octanol–water partition coefficient (Wildman–Crippen LogP) is 1.90. The Labute approximate surface area is 127 Å². The monoisotopic (exact) mass is 293 g/mol. The molecule has 0 atom stereocenters. The zero-order valence-corrected chi connectivity index (χ0v) is 13.7. The van der Waals surface area contributed by atoms with Crippen LogP contribution in [0.2, 0.25) is 0 Å². The van der Waals surface area contributed by atoms with Crippen LogP contribution in [0.5, 0.6) is 0 Å². The summed E-state index contributed by atoms with van der Waals surface area (Å²) in [6.07, 6.45) is 3.76. The Bertz CT molecular complexity index is 448. The number of nitrogens with one attached hydrogen (secondary N) is 1. The van der Waals surface area contributed by atoms with Crippen LogP contribution in [-0.2, 0) is 21.5 Å².